The molecule has 1 heterocycles. The fourth-order valence-corrected chi connectivity index (χ4v) is 3.09. The molecule has 2 aromatic carbocycles. The standard InChI is InChI=1S/C25H25NO4/c1-27-22-12-5-8-18(24(22)29-3)14-16-20-10-7-11-21(26-20)17-15-19-9-6-13-23(28-2)25(19)30-4/h5-17H,1-4H3. The molecule has 0 saturated carbocycles. The summed E-state index contributed by atoms with van der Waals surface area (Å²) in [6.07, 6.45) is 7.81. The number of methoxy groups -OCH3 is 4. The third-order valence-corrected chi connectivity index (χ3v) is 4.53. The summed E-state index contributed by atoms with van der Waals surface area (Å²) in [5, 5.41) is 0. The molecule has 3 aromatic rings. The van der Waals surface area contributed by atoms with Crippen molar-refractivity contribution in [2.45, 2.75) is 0 Å². The highest BCUT2D eigenvalue weighted by molar-refractivity contribution is 5.75. The van der Waals surface area contributed by atoms with E-state index in [0.717, 1.165) is 22.5 Å². The molecular formula is C25H25NO4. The maximum atomic E-state index is 5.48. The quantitative estimate of drug-likeness (QED) is 0.500. The van der Waals surface area contributed by atoms with E-state index < -0.39 is 0 Å². The number of para-hydroxylation sites is 2. The smallest absolute Gasteiger partial charge is 0.167 e. The van der Waals surface area contributed by atoms with Crippen molar-refractivity contribution < 1.29 is 18.9 Å². The highest BCUT2D eigenvalue weighted by atomic mass is 16.5. The Morgan fingerprint density at radius 3 is 1.37 bits per heavy atom. The molecule has 0 aliphatic carbocycles. The number of pyridine rings is 1. The molecule has 1 aromatic heterocycles. The molecule has 3 rings (SSSR count). The van der Waals surface area contributed by atoms with Gasteiger partial charge in [0.05, 0.1) is 39.8 Å². The molecule has 0 fully saturated rings. The summed E-state index contributed by atoms with van der Waals surface area (Å²) in [6.45, 7) is 0. The average Bonchev–Trinajstić information content (AvgIpc) is 2.80. The third kappa shape index (κ3) is 4.81. The molecule has 0 radical (unpaired) electrons. The normalized spacial score (nSPS) is 11.1. The molecule has 0 spiro atoms. The van der Waals surface area contributed by atoms with Crippen LogP contribution in [-0.4, -0.2) is 33.4 Å². The minimum Gasteiger partial charge on any atom is -0.493 e. The highest BCUT2D eigenvalue weighted by Crippen LogP contribution is 2.33. The molecular weight excluding hydrogens is 378 g/mol. The van der Waals surface area contributed by atoms with Crippen LogP contribution in [0.3, 0.4) is 0 Å². The van der Waals surface area contributed by atoms with Gasteiger partial charge in [-0.25, -0.2) is 4.98 Å². The first-order valence-corrected chi connectivity index (χ1v) is 9.45. The minimum atomic E-state index is 0.691. The SMILES string of the molecule is COc1cccc(C=Cc2cccc(C=Cc3cccc(OC)c3OC)n2)c1OC. The summed E-state index contributed by atoms with van der Waals surface area (Å²) in [7, 11) is 6.51. The first-order valence-electron chi connectivity index (χ1n) is 9.45. The second kappa shape index (κ2) is 10.2. The van der Waals surface area contributed by atoms with Crippen molar-refractivity contribution in [2.75, 3.05) is 28.4 Å². The number of hydrogen-bond acceptors (Lipinski definition) is 5. The van der Waals surface area contributed by atoms with Gasteiger partial charge in [0, 0.05) is 11.1 Å². The fourth-order valence-electron chi connectivity index (χ4n) is 3.09. The molecule has 30 heavy (non-hydrogen) atoms. The van der Waals surface area contributed by atoms with Crippen LogP contribution in [0.1, 0.15) is 22.5 Å². The molecule has 0 aliphatic heterocycles. The zero-order valence-electron chi connectivity index (χ0n) is 17.6. The summed E-state index contributed by atoms with van der Waals surface area (Å²) in [5.74, 6) is 2.77. The Morgan fingerprint density at radius 1 is 0.533 bits per heavy atom. The second-order valence-electron chi connectivity index (χ2n) is 6.32. The monoisotopic (exact) mass is 403 g/mol. The zero-order chi connectivity index (χ0) is 21.3. The Hall–Kier alpha value is -3.73. The third-order valence-electron chi connectivity index (χ3n) is 4.53. The molecule has 0 bridgehead atoms. The van der Waals surface area contributed by atoms with Crippen molar-refractivity contribution in [2.24, 2.45) is 0 Å². The predicted octanol–water partition coefficient (Wildman–Crippen LogP) is 5.46. The Balaban J connectivity index is 1.84. The molecule has 0 atom stereocenters. The Morgan fingerprint density at radius 2 is 0.967 bits per heavy atom. The number of rotatable bonds is 8. The van der Waals surface area contributed by atoms with Crippen molar-refractivity contribution in [3.05, 3.63) is 77.1 Å². The number of hydrogen-bond donors (Lipinski definition) is 0. The summed E-state index contributed by atoms with van der Waals surface area (Å²) in [4.78, 5) is 4.68. The van der Waals surface area contributed by atoms with E-state index in [0.29, 0.717) is 23.0 Å². The van der Waals surface area contributed by atoms with Crippen LogP contribution in [0.4, 0.5) is 0 Å². The van der Waals surface area contributed by atoms with Crippen LogP contribution in [0.25, 0.3) is 24.3 Å². The maximum Gasteiger partial charge on any atom is 0.167 e. The molecule has 0 N–H and O–H groups in total. The topological polar surface area (TPSA) is 49.8 Å². The Labute approximate surface area is 177 Å². The average molecular weight is 403 g/mol. The lowest BCUT2D eigenvalue weighted by atomic mass is 10.1. The van der Waals surface area contributed by atoms with Gasteiger partial charge in [-0.1, -0.05) is 30.3 Å². The van der Waals surface area contributed by atoms with Gasteiger partial charge in [-0.05, 0) is 48.6 Å². The van der Waals surface area contributed by atoms with Crippen LogP contribution in [0, 0.1) is 0 Å². The summed E-state index contributed by atoms with van der Waals surface area (Å²) in [5.41, 5.74) is 3.50. The van der Waals surface area contributed by atoms with Gasteiger partial charge < -0.3 is 18.9 Å². The van der Waals surface area contributed by atoms with Gasteiger partial charge >= 0.3 is 0 Å². The molecule has 154 valence electrons. The molecule has 0 saturated heterocycles. The van der Waals surface area contributed by atoms with Crippen molar-refractivity contribution >= 4 is 24.3 Å². The van der Waals surface area contributed by atoms with E-state index in [4.69, 9.17) is 18.9 Å². The van der Waals surface area contributed by atoms with Crippen LogP contribution in [-0.2, 0) is 0 Å². The highest BCUT2D eigenvalue weighted by Gasteiger charge is 2.08. The first kappa shape index (κ1) is 21.0. The van der Waals surface area contributed by atoms with E-state index in [1.807, 2.05) is 78.9 Å². The zero-order valence-corrected chi connectivity index (χ0v) is 17.6. The minimum absolute atomic E-state index is 0.691. The first-order chi connectivity index (χ1) is 14.7. The van der Waals surface area contributed by atoms with Crippen LogP contribution in [0.15, 0.2) is 54.6 Å². The summed E-state index contributed by atoms with van der Waals surface area (Å²) < 4.78 is 21.7. The van der Waals surface area contributed by atoms with Crippen molar-refractivity contribution in [3.8, 4) is 23.0 Å². The summed E-state index contributed by atoms with van der Waals surface area (Å²) in [6, 6.07) is 17.4. The van der Waals surface area contributed by atoms with Gasteiger partial charge in [-0.15, -0.1) is 0 Å². The summed E-state index contributed by atoms with van der Waals surface area (Å²) >= 11 is 0. The predicted molar refractivity (Wildman–Crippen MR) is 121 cm³/mol. The van der Waals surface area contributed by atoms with Crippen LogP contribution < -0.4 is 18.9 Å². The van der Waals surface area contributed by atoms with E-state index in [9.17, 15) is 0 Å². The van der Waals surface area contributed by atoms with Gasteiger partial charge in [0.1, 0.15) is 0 Å². The number of aromatic nitrogens is 1. The van der Waals surface area contributed by atoms with Crippen LogP contribution >= 0.6 is 0 Å². The van der Waals surface area contributed by atoms with E-state index in [2.05, 4.69) is 4.98 Å². The van der Waals surface area contributed by atoms with Crippen molar-refractivity contribution in [1.29, 1.82) is 0 Å². The fraction of sp³-hybridized carbons (Fsp3) is 0.160. The van der Waals surface area contributed by atoms with Gasteiger partial charge in [0.2, 0.25) is 0 Å². The molecule has 5 nitrogen and oxygen atoms in total. The van der Waals surface area contributed by atoms with E-state index >= 15 is 0 Å². The van der Waals surface area contributed by atoms with E-state index in [1.54, 1.807) is 28.4 Å². The molecule has 0 unspecified atom stereocenters. The largest absolute Gasteiger partial charge is 0.493 e. The van der Waals surface area contributed by atoms with Crippen molar-refractivity contribution in [3.63, 3.8) is 0 Å². The van der Waals surface area contributed by atoms with E-state index in [-0.39, 0.29) is 0 Å². The maximum absolute atomic E-state index is 5.48. The lowest BCUT2D eigenvalue weighted by Crippen LogP contribution is -1.93. The van der Waals surface area contributed by atoms with Crippen LogP contribution in [0.5, 0.6) is 23.0 Å². The van der Waals surface area contributed by atoms with Gasteiger partial charge in [0.25, 0.3) is 0 Å². The van der Waals surface area contributed by atoms with Crippen molar-refractivity contribution in [1.82, 2.24) is 4.98 Å². The molecule has 5 heteroatoms. The number of nitrogens with zero attached hydrogens (tertiary/aromatic N) is 1. The van der Waals surface area contributed by atoms with Crippen LogP contribution in [0.2, 0.25) is 0 Å². The number of benzene rings is 2. The second-order valence-corrected chi connectivity index (χ2v) is 6.32. The Bertz CT molecular complexity index is 976. The van der Waals surface area contributed by atoms with Gasteiger partial charge in [-0.2, -0.15) is 0 Å². The molecule has 0 aliphatic rings. The lowest BCUT2D eigenvalue weighted by molar-refractivity contribution is 0.354. The van der Waals surface area contributed by atoms with Gasteiger partial charge in [0.15, 0.2) is 23.0 Å². The lowest BCUT2D eigenvalue weighted by Gasteiger charge is -2.10. The molecule has 0 amide bonds. The van der Waals surface area contributed by atoms with E-state index in [1.165, 1.54) is 0 Å². The van der Waals surface area contributed by atoms with Gasteiger partial charge in [-0.3, -0.25) is 0 Å². The Kier molecular flexibility index (Phi) is 7.11. The number of ether oxygens (including phenoxy) is 4.